The first kappa shape index (κ1) is 14.5. The van der Waals surface area contributed by atoms with Crippen LogP contribution in [0, 0.1) is 0 Å². The zero-order chi connectivity index (χ0) is 13.0. The molecule has 1 N–H and O–H groups in total. The van der Waals surface area contributed by atoms with E-state index in [1.165, 1.54) is 0 Å². The van der Waals surface area contributed by atoms with Crippen LogP contribution in [0.5, 0.6) is 0 Å². The van der Waals surface area contributed by atoms with Gasteiger partial charge >= 0.3 is 0 Å². The number of thioether (sulfide) groups is 1. The van der Waals surface area contributed by atoms with Crippen LogP contribution in [0.1, 0.15) is 33.6 Å². The molecule has 17 heavy (non-hydrogen) atoms. The van der Waals surface area contributed by atoms with Crippen molar-refractivity contribution in [3.63, 3.8) is 0 Å². The second-order valence-corrected chi connectivity index (χ2v) is 5.29. The Hall–Kier alpha value is -0.550. The van der Waals surface area contributed by atoms with Crippen LogP contribution in [0.2, 0.25) is 0 Å². The molecule has 0 aromatic carbocycles. The lowest BCUT2D eigenvalue weighted by Crippen LogP contribution is -2.55. The quantitative estimate of drug-likeness (QED) is 0.810. The Morgan fingerprint density at radius 2 is 2.06 bits per heavy atom. The molecule has 2 heterocycles. The van der Waals surface area contributed by atoms with Gasteiger partial charge in [-0.05, 0) is 26.8 Å². The van der Waals surface area contributed by atoms with Crippen molar-refractivity contribution in [3.8, 4) is 0 Å². The fourth-order valence-electron chi connectivity index (χ4n) is 2.30. The second-order valence-electron chi connectivity index (χ2n) is 4.08. The lowest BCUT2D eigenvalue weighted by Gasteiger charge is -2.36. The lowest BCUT2D eigenvalue weighted by atomic mass is 10.1. The first-order valence-corrected chi connectivity index (χ1v) is 7.31. The second kappa shape index (κ2) is 6.40. The average Bonchev–Trinajstić information content (AvgIpc) is 2.77. The molecule has 0 aromatic rings. The number of nitrogens with one attached hydrogen (secondary N) is 1. The number of nitrogens with zero attached hydrogens (tertiary/aromatic N) is 1. The average molecular weight is 258 g/mol. The lowest BCUT2D eigenvalue weighted by molar-refractivity contribution is -0.139. The Morgan fingerprint density at radius 3 is 2.59 bits per heavy atom. The zero-order valence-electron chi connectivity index (χ0n) is 11.0. The number of ketones is 1. The van der Waals surface area contributed by atoms with Crippen LogP contribution in [-0.4, -0.2) is 46.8 Å². The van der Waals surface area contributed by atoms with Gasteiger partial charge in [0.1, 0.15) is 0 Å². The van der Waals surface area contributed by atoms with Crippen LogP contribution in [0.3, 0.4) is 0 Å². The molecule has 0 aliphatic carbocycles. The van der Waals surface area contributed by atoms with E-state index in [1.807, 2.05) is 13.8 Å². The van der Waals surface area contributed by atoms with Gasteiger partial charge in [-0.3, -0.25) is 9.59 Å². The van der Waals surface area contributed by atoms with Crippen LogP contribution in [0.4, 0.5) is 0 Å². The Kier molecular flexibility index (Phi) is 5.46. The number of hydrogen-bond donors (Lipinski definition) is 1. The zero-order valence-corrected chi connectivity index (χ0v) is 11.8. The summed E-state index contributed by atoms with van der Waals surface area (Å²) in [5.74, 6) is 1.03. The molecule has 3 atom stereocenters. The molecule has 98 valence electrons. The third-order valence-corrected chi connectivity index (χ3v) is 4.53. The van der Waals surface area contributed by atoms with Gasteiger partial charge in [0.25, 0.3) is 0 Å². The van der Waals surface area contributed by atoms with Crippen molar-refractivity contribution in [2.45, 2.75) is 51.1 Å². The number of carbonyl (C=O) groups is 2. The highest BCUT2D eigenvalue weighted by atomic mass is 32.2. The maximum absolute atomic E-state index is 12.1. The van der Waals surface area contributed by atoms with Gasteiger partial charge in [0.15, 0.2) is 5.78 Å². The van der Waals surface area contributed by atoms with Gasteiger partial charge in [0.2, 0.25) is 5.91 Å². The van der Waals surface area contributed by atoms with Gasteiger partial charge in [-0.1, -0.05) is 13.8 Å². The minimum atomic E-state index is -0.175. The first-order chi connectivity index (χ1) is 8.15. The molecular formula is C12H22N2O2S. The molecule has 0 radical (unpaired) electrons. The normalized spacial score (nSPS) is 31.6. The molecule has 2 fully saturated rings. The maximum Gasteiger partial charge on any atom is 0.242 e. The van der Waals surface area contributed by atoms with Crippen molar-refractivity contribution in [2.24, 2.45) is 0 Å². The Bertz CT molecular complexity index is 296. The molecule has 0 bridgehead atoms. The molecule has 5 heteroatoms. The number of likely N-dealkylation sites (N-methyl/N-ethyl adjacent to an activating group) is 1. The fourth-order valence-corrected chi connectivity index (χ4v) is 3.74. The van der Waals surface area contributed by atoms with Crippen LogP contribution in [0.25, 0.3) is 0 Å². The molecule has 3 unspecified atom stereocenters. The van der Waals surface area contributed by atoms with Crippen molar-refractivity contribution >= 4 is 23.5 Å². The summed E-state index contributed by atoms with van der Waals surface area (Å²) in [6, 6.07) is -0.294. The number of carbonyl (C=O) groups excluding carboxylic acids is 2. The standard InChI is InChI=1S/C10H16N2O2S.C2H6/c1-6(13)8-3-4-9-12(8)10(14)7(11-2)5-15-9;1-2/h7-9,11H,3-5H2,1-2H3;1-2H3. The summed E-state index contributed by atoms with van der Waals surface area (Å²) >= 11 is 1.78. The summed E-state index contributed by atoms with van der Waals surface area (Å²) < 4.78 is 0. The maximum atomic E-state index is 12.1. The number of rotatable bonds is 2. The molecule has 4 nitrogen and oxygen atoms in total. The molecule has 0 spiro atoms. The smallest absolute Gasteiger partial charge is 0.242 e. The molecule has 2 saturated heterocycles. The monoisotopic (exact) mass is 258 g/mol. The van der Waals surface area contributed by atoms with E-state index in [2.05, 4.69) is 5.32 Å². The molecule has 0 aromatic heterocycles. The Morgan fingerprint density at radius 1 is 1.41 bits per heavy atom. The summed E-state index contributed by atoms with van der Waals surface area (Å²) in [7, 11) is 1.79. The molecular weight excluding hydrogens is 236 g/mol. The highest BCUT2D eigenvalue weighted by Gasteiger charge is 2.44. The number of fused-ring (bicyclic) bond motifs is 1. The summed E-state index contributed by atoms with van der Waals surface area (Å²) in [6.45, 7) is 5.58. The van der Waals surface area contributed by atoms with E-state index in [0.717, 1.165) is 18.6 Å². The van der Waals surface area contributed by atoms with E-state index in [1.54, 1.807) is 30.6 Å². The largest absolute Gasteiger partial charge is 0.319 e. The third kappa shape index (κ3) is 2.83. The van der Waals surface area contributed by atoms with Gasteiger partial charge in [-0.2, -0.15) is 0 Å². The fraction of sp³-hybridized carbons (Fsp3) is 0.833. The highest BCUT2D eigenvalue weighted by molar-refractivity contribution is 8.00. The van der Waals surface area contributed by atoms with Crippen LogP contribution in [-0.2, 0) is 9.59 Å². The molecule has 2 aliphatic heterocycles. The van der Waals surface area contributed by atoms with Crippen molar-refractivity contribution in [2.75, 3.05) is 12.8 Å². The van der Waals surface area contributed by atoms with Gasteiger partial charge in [-0.15, -0.1) is 11.8 Å². The van der Waals surface area contributed by atoms with Crippen LogP contribution >= 0.6 is 11.8 Å². The third-order valence-electron chi connectivity index (χ3n) is 3.16. The summed E-state index contributed by atoms with van der Waals surface area (Å²) in [5.41, 5.74) is 0. The molecule has 2 aliphatic rings. The van der Waals surface area contributed by atoms with Gasteiger partial charge in [0, 0.05) is 5.75 Å². The van der Waals surface area contributed by atoms with Gasteiger partial charge in [-0.25, -0.2) is 0 Å². The van der Waals surface area contributed by atoms with Crippen LogP contribution in [0.15, 0.2) is 0 Å². The van der Waals surface area contributed by atoms with E-state index in [4.69, 9.17) is 0 Å². The highest BCUT2D eigenvalue weighted by Crippen LogP contribution is 2.36. The number of amides is 1. The molecule has 1 amide bonds. The predicted molar refractivity (Wildman–Crippen MR) is 71.0 cm³/mol. The van der Waals surface area contributed by atoms with Crippen molar-refractivity contribution in [1.82, 2.24) is 10.2 Å². The number of Topliss-reactive ketones (excluding diaryl/α,β-unsaturated/α-hetero) is 1. The molecule has 2 rings (SSSR count). The summed E-state index contributed by atoms with van der Waals surface area (Å²) in [4.78, 5) is 25.3. The SMILES string of the molecule is CC.CNC1CSC2CCC(C(C)=O)N2C1=O. The van der Waals surface area contributed by atoms with Crippen molar-refractivity contribution in [3.05, 3.63) is 0 Å². The Balaban J connectivity index is 0.000000686. The Labute approximate surface area is 108 Å². The van der Waals surface area contributed by atoms with Gasteiger partial charge < -0.3 is 10.2 Å². The minimum Gasteiger partial charge on any atom is -0.319 e. The summed E-state index contributed by atoms with van der Waals surface area (Å²) in [6.07, 6.45) is 1.78. The van der Waals surface area contributed by atoms with E-state index >= 15 is 0 Å². The van der Waals surface area contributed by atoms with E-state index in [0.29, 0.717) is 0 Å². The van der Waals surface area contributed by atoms with E-state index in [9.17, 15) is 9.59 Å². The van der Waals surface area contributed by atoms with E-state index in [-0.39, 0.29) is 29.1 Å². The van der Waals surface area contributed by atoms with Crippen molar-refractivity contribution < 1.29 is 9.59 Å². The molecule has 0 saturated carbocycles. The first-order valence-electron chi connectivity index (χ1n) is 6.26. The van der Waals surface area contributed by atoms with Gasteiger partial charge in [0.05, 0.1) is 17.5 Å². The number of hydrogen-bond acceptors (Lipinski definition) is 4. The predicted octanol–water partition coefficient (Wildman–Crippen LogP) is 1.25. The summed E-state index contributed by atoms with van der Waals surface area (Å²) in [5, 5.41) is 3.23. The minimum absolute atomic E-state index is 0.0963. The van der Waals surface area contributed by atoms with E-state index < -0.39 is 0 Å². The topological polar surface area (TPSA) is 49.4 Å². The van der Waals surface area contributed by atoms with Crippen LogP contribution < -0.4 is 5.32 Å². The van der Waals surface area contributed by atoms with Crippen molar-refractivity contribution in [1.29, 1.82) is 0 Å².